The highest BCUT2D eigenvalue weighted by molar-refractivity contribution is 6.33. The maximum Gasteiger partial charge on any atom is 0.255 e. The minimum absolute atomic E-state index is 0.0171. The lowest BCUT2D eigenvalue weighted by Crippen LogP contribution is -2.57. The minimum Gasteiger partial charge on any atom is -0.341 e. The fourth-order valence-corrected chi connectivity index (χ4v) is 5.83. The van der Waals surface area contributed by atoms with Crippen LogP contribution in [0.5, 0.6) is 0 Å². The van der Waals surface area contributed by atoms with Gasteiger partial charge in [0.05, 0.1) is 17.3 Å². The molecule has 1 spiro atoms. The van der Waals surface area contributed by atoms with Gasteiger partial charge in [0.1, 0.15) is 12.1 Å². The zero-order valence-corrected chi connectivity index (χ0v) is 20.6. The largest absolute Gasteiger partial charge is 0.341 e. The van der Waals surface area contributed by atoms with Crippen molar-refractivity contribution in [3.05, 3.63) is 65.2 Å². The van der Waals surface area contributed by atoms with E-state index in [2.05, 4.69) is 4.90 Å². The number of likely N-dealkylation sites (tertiary alicyclic amines) is 2. The molecule has 3 heterocycles. The van der Waals surface area contributed by atoms with Crippen LogP contribution in [0.25, 0.3) is 0 Å². The highest BCUT2D eigenvalue weighted by Crippen LogP contribution is 2.40. The van der Waals surface area contributed by atoms with Crippen LogP contribution in [0.15, 0.2) is 54.6 Å². The molecule has 2 aromatic carbocycles. The van der Waals surface area contributed by atoms with Crippen LogP contribution in [0.2, 0.25) is 5.02 Å². The summed E-state index contributed by atoms with van der Waals surface area (Å²) < 4.78 is 0. The number of nitrogens with zero attached hydrogens (tertiary/aromatic N) is 4. The van der Waals surface area contributed by atoms with Gasteiger partial charge in [-0.2, -0.15) is 0 Å². The summed E-state index contributed by atoms with van der Waals surface area (Å²) in [7, 11) is 0. The first-order valence-corrected chi connectivity index (χ1v) is 12.8. The average Bonchev–Trinajstić information content (AvgIpc) is 3.16. The summed E-state index contributed by atoms with van der Waals surface area (Å²) >= 11 is 6.26. The fourth-order valence-electron chi connectivity index (χ4n) is 5.61. The van der Waals surface area contributed by atoms with Crippen LogP contribution in [-0.2, 0) is 9.59 Å². The first-order chi connectivity index (χ1) is 17.0. The molecular weight excluding hydrogens is 464 g/mol. The molecule has 184 valence electrons. The number of hydrogen-bond donors (Lipinski definition) is 0. The van der Waals surface area contributed by atoms with Crippen molar-refractivity contribution in [1.29, 1.82) is 0 Å². The number of benzene rings is 2. The third-order valence-electron chi connectivity index (χ3n) is 7.60. The van der Waals surface area contributed by atoms with Crippen molar-refractivity contribution in [2.75, 3.05) is 44.3 Å². The van der Waals surface area contributed by atoms with Gasteiger partial charge in [-0.15, -0.1) is 0 Å². The van der Waals surface area contributed by atoms with Crippen LogP contribution in [-0.4, -0.2) is 77.4 Å². The second kappa shape index (κ2) is 9.90. The molecule has 0 saturated carbocycles. The number of anilines is 1. The fraction of sp³-hybridized carbons (Fsp3) is 0.444. The molecule has 3 saturated heterocycles. The van der Waals surface area contributed by atoms with Gasteiger partial charge in [-0.25, -0.2) is 0 Å². The number of piperidine rings is 2. The van der Waals surface area contributed by atoms with Gasteiger partial charge in [0.2, 0.25) is 5.91 Å². The van der Waals surface area contributed by atoms with E-state index in [-0.39, 0.29) is 24.3 Å². The lowest BCUT2D eigenvalue weighted by molar-refractivity contribution is -0.141. The van der Waals surface area contributed by atoms with E-state index >= 15 is 0 Å². The van der Waals surface area contributed by atoms with Gasteiger partial charge in [-0.05, 0) is 56.4 Å². The third kappa shape index (κ3) is 4.49. The predicted molar refractivity (Wildman–Crippen MR) is 135 cm³/mol. The van der Waals surface area contributed by atoms with E-state index < -0.39 is 5.54 Å². The average molecular weight is 495 g/mol. The highest BCUT2D eigenvalue weighted by atomic mass is 35.5. The Bertz CT molecular complexity index is 1090. The number of para-hydroxylation sites is 1. The number of carbonyl (C=O) groups excluding carboxylic acids is 3. The Morgan fingerprint density at radius 1 is 0.829 bits per heavy atom. The second-order valence-corrected chi connectivity index (χ2v) is 10.1. The molecule has 2 aromatic rings. The zero-order chi connectivity index (χ0) is 24.4. The summed E-state index contributed by atoms with van der Waals surface area (Å²) in [4.78, 5) is 47.5. The summed E-state index contributed by atoms with van der Waals surface area (Å²) in [5.74, 6) is -0.106. The standard InChI is InChI=1S/C27H31ClN4O3/c28-23-12-6-5-11-22(23)25(34)30-17-13-27(14-18-30)26(35)31(19-24(33)29-15-7-2-8-16-29)20-32(27)21-9-3-1-4-10-21/h1,3-6,9-12H,2,7-8,13-20H2. The van der Waals surface area contributed by atoms with Crippen LogP contribution >= 0.6 is 11.6 Å². The first-order valence-electron chi connectivity index (χ1n) is 12.4. The second-order valence-electron chi connectivity index (χ2n) is 9.65. The minimum atomic E-state index is -0.763. The lowest BCUT2D eigenvalue weighted by Gasteiger charge is -2.43. The van der Waals surface area contributed by atoms with Crippen LogP contribution in [0, 0.1) is 0 Å². The molecule has 0 bridgehead atoms. The molecule has 35 heavy (non-hydrogen) atoms. The molecular formula is C27H31ClN4O3. The van der Waals surface area contributed by atoms with Crippen molar-refractivity contribution in [2.24, 2.45) is 0 Å². The van der Waals surface area contributed by atoms with E-state index in [0.29, 0.717) is 43.2 Å². The molecule has 0 aromatic heterocycles. The van der Waals surface area contributed by atoms with E-state index in [4.69, 9.17) is 11.6 Å². The van der Waals surface area contributed by atoms with Crippen LogP contribution in [0.4, 0.5) is 5.69 Å². The number of halogens is 1. The van der Waals surface area contributed by atoms with E-state index in [0.717, 1.165) is 38.0 Å². The van der Waals surface area contributed by atoms with Crippen molar-refractivity contribution in [1.82, 2.24) is 14.7 Å². The van der Waals surface area contributed by atoms with E-state index in [1.54, 1.807) is 34.1 Å². The van der Waals surface area contributed by atoms with Crippen molar-refractivity contribution in [3.63, 3.8) is 0 Å². The first kappa shape index (κ1) is 23.7. The molecule has 0 aliphatic carbocycles. The molecule has 0 radical (unpaired) electrons. The molecule has 0 unspecified atom stereocenters. The summed E-state index contributed by atoms with van der Waals surface area (Å²) in [5, 5.41) is 0.433. The Balaban J connectivity index is 1.35. The van der Waals surface area contributed by atoms with Crippen LogP contribution < -0.4 is 4.90 Å². The molecule has 8 heteroatoms. The lowest BCUT2D eigenvalue weighted by atomic mass is 9.85. The van der Waals surface area contributed by atoms with Crippen molar-refractivity contribution < 1.29 is 14.4 Å². The Morgan fingerprint density at radius 3 is 2.17 bits per heavy atom. The topological polar surface area (TPSA) is 64.2 Å². The van der Waals surface area contributed by atoms with Crippen molar-refractivity contribution in [2.45, 2.75) is 37.6 Å². The molecule has 7 nitrogen and oxygen atoms in total. The molecule has 3 aliphatic rings. The van der Waals surface area contributed by atoms with Gasteiger partial charge in [-0.3, -0.25) is 14.4 Å². The summed E-state index contributed by atoms with van der Waals surface area (Å²) in [6, 6.07) is 17.0. The Kier molecular flexibility index (Phi) is 6.69. The van der Waals surface area contributed by atoms with Gasteiger partial charge >= 0.3 is 0 Å². The van der Waals surface area contributed by atoms with E-state index in [1.807, 2.05) is 35.2 Å². The molecule has 3 aliphatic heterocycles. The highest BCUT2D eigenvalue weighted by Gasteiger charge is 2.54. The summed E-state index contributed by atoms with van der Waals surface area (Å²) in [6.07, 6.45) is 4.21. The molecule has 3 amide bonds. The van der Waals surface area contributed by atoms with Crippen molar-refractivity contribution in [3.8, 4) is 0 Å². The maximum atomic E-state index is 13.9. The molecule has 0 N–H and O–H groups in total. The summed E-state index contributed by atoms with van der Waals surface area (Å²) in [6.45, 7) is 2.92. The van der Waals surface area contributed by atoms with E-state index in [9.17, 15) is 14.4 Å². The third-order valence-corrected chi connectivity index (χ3v) is 7.93. The molecule has 5 rings (SSSR count). The Morgan fingerprint density at radius 2 is 1.49 bits per heavy atom. The van der Waals surface area contributed by atoms with Crippen LogP contribution in [0.3, 0.4) is 0 Å². The van der Waals surface area contributed by atoms with Gasteiger partial charge in [0.25, 0.3) is 11.8 Å². The zero-order valence-electron chi connectivity index (χ0n) is 19.9. The van der Waals surface area contributed by atoms with E-state index in [1.165, 1.54) is 0 Å². The molecule has 3 fully saturated rings. The monoisotopic (exact) mass is 494 g/mol. The number of carbonyl (C=O) groups is 3. The van der Waals surface area contributed by atoms with Crippen molar-refractivity contribution >= 4 is 35.0 Å². The number of hydrogen-bond acceptors (Lipinski definition) is 4. The number of rotatable bonds is 4. The molecule has 0 atom stereocenters. The van der Waals surface area contributed by atoms with Gasteiger partial charge in [0, 0.05) is 31.9 Å². The predicted octanol–water partition coefficient (Wildman–Crippen LogP) is 3.63. The van der Waals surface area contributed by atoms with Gasteiger partial charge in [0.15, 0.2) is 0 Å². The Hall–Kier alpha value is -3.06. The van der Waals surface area contributed by atoms with Gasteiger partial charge in [-0.1, -0.05) is 41.9 Å². The Labute approximate surface area is 211 Å². The normalized spacial score (nSPS) is 20.0. The van der Waals surface area contributed by atoms with Gasteiger partial charge < -0.3 is 19.6 Å². The SMILES string of the molecule is O=C(CN1CN(c2ccccc2)C2(CCN(C(=O)c3ccccc3Cl)CC2)C1=O)N1CCCCC1. The summed E-state index contributed by atoms with van der Waals surface area (Å²) in [5.41, 5.74) is 0.678. The van der Waals surface area contributed by atoms with Crippen LogP contribution in [0.1, 0.15) is 42.5 Å². The maximum absolute atomic E-state index is 13.9. The number of amides is 3. The quantitative estimate of drug-likeness (QED) is 0.651. The smallest absolute Gasteiger partial charge is 0.255 e.